The fraction of sp³-hybridized carbons (Fsp3) is 0.0833. The molecule has 0 aliphatic heterocycles. The van der Waals surface area contributed by atoms with Crippen molar-refractivity contribution >= 4 is 44.9 Å². The molecule has 6 nitrogen and oxygen atoms in total. The third kappa shape index (κ3) is 5.40. The molecule has 0 amide bonds. The van der Waals surface area contributed by atoms with Gasteiger partial charge in [0.2, 0.25) is 14.8 Å². The van der Waals surface area contributed by atoms with Gasteiger partial charge in [-0.2, -0.15) is 5.10 Å². The van der Waals surface area contributed by atoms with Gasteiger partial charge in [-0.05, 0) is 42.5 Å². The molecular formula is C24H19ClF2N4O2S2. The van der Waals surface area contributed by atoms with Gasteiger partial charge in [-0.25, -0.2) is 31.2 Å². The summed E-state index contributed by atoms with van der Waals surface area (Å²) in [7, 11) is -0.763. The Morgan fingerprint density at radius 3 is 2.31 bits per heavy atom. The lowest BCUT2D eigenvalue weighted by Crippen LogP contribution is -2.22. The molecule has 1 aromatic heterocycles. The molecule has 0 aliphatic rings. The molecule has 1 heterocycles. The Morgan fingerprint density at radius 2 is 1.66 bits per heavy atom. The van der Waals surface area contributed by atoms with Gasteiger partial charge < -0.3 is 0 Å². The molecule has 11 heteroatoms. The lowest BCUT2D eigenvalue weighted by molar-refractivity contribution is 0.521. The molecule has 3 aromatic carbocycles. The van der Waals surface area contributed by atoms with E-state index in [1.54, 1.807) is 41.8 Å². The van der Waals surface area contributed by atoms with Crippen LogP contribution in [0.5, 0.6) is 0 Å². The molecular weight excluding hydrogens is 514 g/mol. The SMILES string of the molecule is CN(C)S(=O)(=O)c1cccc(N=c2scc(-c3ccc(Cl)cc3)n2/N=C\c2c(F)cccc2F)c1. The molecule has 180 valence electrons. The fourth-order valence-electron chi connectivity index (χ4n) is 3.09. The summed E-state index contributed by atoms with van der Waals surface area (Å²) in [5.41, 5.74) is 1.44. The van der Waals surface area contributed by atoms with Crippen molar-refractivity contribution in [1.29, 1.82) is 0 Å². The fourth-order valence-corrected chi connectivity index (χ4v) is 5.02. The minimum absolute atomic E-state index is 0.0849. The largest absolute Gasteiger partial charge is 0.242 e. The van der Waals surface area contributed by atoms with Crippen LogP contribution in [-0.2, 0) is 10.0 Å². The van der Waals surface area contributed by atoms with Crippen LogP contribution in [0, 0.1) is 11.6 Å². The number of halogens is 3. The van der Waals surface area contributed by atoms with Crippen LogP contribution in [0.3, 0.4) is 0 Å². The normalized spacial score (nSPS) is 12.7. The number of nitrogens with zero attached hydrogens (tertiary/aromatic N) is 4. The van der Waals surface area contributed by atoms with Gasteiger partial charge in [-0.3, -0.25) is 0 Å². The Morgan fingerprint density at radius 1 is 1.00 bits per heavy atom. The Labute approximate surface area is 210 Å². The summed E-state index contributed by atoms with van der Waals surface area (Å²) in [6, 6.07) is 16.7. The van der Waals surface area contributed by atoms with Gasteiger partial charge in [0.15, 0.2) is 0 Å². The van der Waals surface area contributed by atoms with Crippen LogP contribution in [0.2, 0.25) is 5.02 Å². The average Bonchev–Trinajstić information content (AvgIpc) is 3.21. The summed E-state index contributed by atoms with van der Waals surface area (Å²) in [5.74, 6) is -1.50. The molecule has 0 atom stereocenters. The third-order valence-corrected chi connectivity index (χ3v) is 7.83. The van der Waals surface area contributed by atoms with Crippen molar-refractivity contribution in [2.75, 3.05) is 14.1 Å². The number of benzene rings is 3. The van der Waals surface area contributed by atoms with Crippen LogP contribution in [0.4, 0.5) is 14.5 Å². The van der Waals surface area contributed by atoms with Gasteiger partial charge in [-0.1, -0.05) is 35.9 Å². The number of rotatable bonds is 6. The molecule has 0 aliphatic carbocycles. The summed E-state index contributed by atoms with van der Waals surface area (Å²) in [5, 5.41) is 6.66. The standard InChI is InChI=1S/C24H19ClF2N4O2S2/c1-30(2)35(32,33)19-6-3-5-18(13-19)29-24-31(28-14-20-21(26)7-4-8-22(20)27)23(15-34-24)16-9-11-17(25)12-10-16/h3-15H,1-2H3/b28-14-,29-24?. The zero-order chi connectivity index (χ0) is 25.2. The van der Waals surface area contributed by atoms with E-state index in [1.807, 2.05) is 0 Å². The topological polar surface area (TPSA) is 67.0 Å². The van der Waals surface area contributed by atoms with Gasteiger partial charge in [0.25, 0.3) is 0 Å². The number of thiazole rings is 1. The predicted octanol–water partition coefficient (Wildman–Crippen LogP) is 5.51. The highest BCUT2D eigenvalue weighted by molar-refractivity contribution is 7.89. The molecule has 0 saturated heterocycles. The van der Waals surface area contributed by atoms with E-state index < -0.39 is 21.7 Å². The smallest absolute Gasteiger partial charge is 0.220 e. The van der Waals surface area contributed by atoms with Crippen LogP contribution in [0.1, 0.15) is 5.56 Å². The lowest BCUT2D eigenvalue weighted by atomic mass is 10.2. The van der Waals surface area contributed by atoms with Crippen LogP contribution < -0.4 is 4.80 Å². The monoisotopic (exact) mass is 532 g/mol. The average molecular weight is 533 g/mol. The lowest BCUT2D eigenvalue weighted by Gasteiger charge is -2.11. The first-order valence-electron chi connectivity index (χ1n) is 10.2. The predicted molar refractivity (Wildman–Crippen MR) is 135 cm³/mol. The number of hydrogen-bond acceptors (Lipinski definition) is 5. The highest BCUT2D eigenvalue weighted by Gasteiger charge is 2.17. The molecule has 0 spiro atoms. The van der Waals surface area contributed by atoms with Crippen molar-refractivity contribution in [3.8, 4) is 11.3 Å². The van der Waals surface area contributed by atoms with E-state index in [2.05, 4.69) is 10.1 Å². The van der Waals surface area contributed by atoms with Gasteiger partial charge in [-0.15, -0.1) is 11.3 Å². The second-order valence-electron chi connectivity index (χ2n) is 7.50. The first-order valence-corrected chi connectivity index (χ1v) is 12.9. The summed E-state index contributed by atoms with van der Waals surface area (Å²) in [6.45, 7) is 0. The number of hydrogen-bond donors (Lipinski definition) is 0. The van der Waals surface area contributed by atoms with Crippen LogP contribution >= 0.6 is 22.9 Å². The van der Waals surface area contributed by atoms with Crippen LogP contribution in [0.25, 0.3) is 11.3 Å². The first-order chi connectivity index (χ1) is 16.7. The van der Waals surface area contributed by atoms with E-state index >= 15 is 0 Å². The highest BCUT2D eigenvalue weighted by Crippen LogP contribution is 2.24. The zero-order valence-electron chi connectivity index (χ0n) is 18.6. The van der Waals surface area contributed by atoms with E-state index in [-0.39, 0.29) is 10.5 Å². The van der Waals surface area contributed by atoms with E-state index in [1.165, 1.54) is 48.3 Å². The van der Waals surface area contributed by atoms with Crippen molar-refractivity contribution in [3.05, 3.63) is 99.1 Å². The minimum Gasteiger partial charge on any atom is -0.220 e. The molecule has 0 fully saturated rings. The van der Waals surface area contributed by atoms with E-state index in [0.29, 0.717) is 21.2 Å². The molecule has 35 heavy (non-hydrogen) atoms. The number of aromatic nitrogens is 1. The highest BCUT2D eigenvalue weighted by atomic mass is 35.5. The van der Waals surface area contributed by atoms with E-state index in [4.69, 9.17) is 11.6 Å². The molecule has 0 unspecified atom stereocenters. The second kappa shape index (κ2) is 10.2. The Bertz CT molecular complexity index is 1560. The Hall–Kier alpha value is -3.18. The maximum atomic E-state index is 14.2. The Kier molecular flexibility index (Phi) is 7.27. The summed E-state index contributed by atoms with van der Waals surface area (Å²) >= 11 is 7.25. The van der Waals surface area contributed by atoms with Gasteiger partial charge in [0, 0.05) is 30.1 Å². The first kappa shape index (κ1) is 24.9. The van der Waals surface area contributed by atoms with Crippen LogP contribution in [-0.4, -0.2) is 37.7 Å². The Balaban J connectivity index is 1.88. The molecule has 0 radical (unpaired) electrons. The third-order valence-electron chi connectivity index (χ3n) is 4.95. The molecule has 4 rings (SSSR count). The van der Waals surface area contributed by atoms with Gasteiger partial charge in [0.1, 0.15) is 11.6 Å². The van der Waals surface area contributed by atoms with Crippen molar-refractivity contribution < 1.29 is 17.2 Å². The maximum Gasteiger partial charge on any atom is 0.242 e. The molecule has 0 saturated carbocycles. The molecule has 0 bridgehead atoms. The summed E-state index contributed by atoms with van der Waals surface area (Å²) < 4.78 is 55.9. The van der Waals surface area contributed by atoms with Crippen LogP contribution in [0.15, 0.2) is 87.1 Å². The van der Waals surface area contributed by atoms with Crippen molar-refractivity contribution in [3.63, 3.8) is 0 Å². The zero-order valence-corrected chi connectivity index (χ0v) is 21.0. The maximum absolute atomic E-state index is 14.2. The summed E-state index contributed by atoms with van der Waals surface area (Å²) in [6.07, 6.45) is 1.09. The van der Waals surface area contributed by atoms with Crippen molar-refractivity contribution in [1.82, 2.24) is 8.98 Å². The van der Waals surface area contributed by atoms with Crippen molar-refractivity contribution in [2.24, 2.45) is 10.1 Å². The quantitative estimate of drug-likeness (QED) is 0.307. The summed E-state index contributed by atoms with van der Waals surface area (Å²) in [4.78, 5) is 5.01. The minimum atomic E-state index is -3.65. The number of sulfonamides is 1. The van der Waals surface area contributed by atoms with Gasteiger partial charge in [0.05, 0.1) is 28.1 Å². The van der Waals surface area contributed by atoms with E-state index in [0.717, 1.165) is 28.2 Å². The van der Waals surface area contributed by atoms with Crippen molar-refractivity contribution in [2.45, 2.75) is 4.90 Å². The second-order valence-corrected chi connectivity index (χ2v) is 10.9. The molecule has 4 aromatic rings. The van der Waals surface area contributed by atoms with E-state index in [9.17, 15) is 17.2 Å². The molecule has 0 N–H and O–H groups in total. The van der Waals surface area contributed by atoms with Gasteiger partial charge >= 0.3 is 0 Å².